The van der Waals surface area contributed by atoms with Crippen LogP contribution in [0.3, 0.4) is 0 Å². The van der Waals surface area contributed by atoms with Crippen LogP contribution in [0.4, 0.5) is 5.69 Å². The second-order valence-electron chi connectivity index (χ2n) is 4.51. The SMILES string of the molecule is O=C1CCOCCN1CCCNc1cc(Cl)ncc1Cl. The van der Waals surface area contributed by atoms with E-state index < -0.39 is 0 Å². The number of rotatable bonds is 5. The second kappa shape index (κ2) is 7.67. The van der Waals surface area contributed by atoms with Gasteiger partial charge in [-0.2, -0.15) is 0 Å². The number of amides is 1. The van der Waals surface area contributed by atoms with Gasteiger partial charge in [-0.25, -0.2) is 4.98 Å². The molecule has 1 aliphatic rings. The van der Waals surface area contributed by atoms with Gasteiger partial charge in [0.1, 0.15) is 5.15 Å². The van der Waals surface area contributed by atoms with E-state index in [0.29, 0.717) is 49.4 Å². The van der Waals surface area contributed by atoms with Crippen LogP contribution in [-0.2, 0) is 9.53 Å². The molecule has 1 saturated heterocycles. The van der Waals surface area contributed by atoms with Crippen LogP contribution < -0.4 is 5.32 Å². The van der Waals surface area contributed by atoms with Crippen molar-refractivity contribution in [1.29, 1.82) is 0 Å². The molecule has 2 rings (SSSR count). The van der Waals surface area contributed by atoms with Crippen molar-refractivity contribution < 1.29 is 9.53 Å². The van der Waals surface area contributed by atoms with Crippen molar-refractivity contribution in [3.8, 4) is 0 Å². The molecule has 2 heterocycles. The highest BCUT2D eigenvalue weighted by Crippen LogP contribution is 2.23. The summed E-state index contributed by atoms with van der Waals surface area (Å²) in [6, 6.07) is 1.69. The fourth-order valence-corrected chi connectivity index (χ4v) is 2.33. The lowest BCUT2D eigenvalue weighted by atomic mass is 10.3. The summed E-state index contributed by atoms with van der Waals surface area (Å²) < 4.78 is 5.28. The lowest BCUT2D eigenvalue weighted by Crippen LogP contribution is -2.33. The van der Waals surface area contributed by atoms with Crippen molar-refractivity contribution in [2.45, 2.75) is 12.8 Å². The molecule has 5 nitrogen and oxygen atoms in total. The third kappa shape index (κ3) is 4.51. The van der Waals surface area contributed by atoms with Gasteiger partial charge in [0.15, 0.2) is 0 Å². The van der Waals surface area contributed by atoms with Gasteiger partial charge < -0.3 is 15.0 Å². The van der Waals surface area contributed by atoms with Gasteiger partial charge in [-0.05, 0) is 6.42 Å². The fraction of sp³-hybridized carbons (Fsp3) is 0.538. The predicted octanol–water partition coefficient (Wildman–Crippen LogP) is 2.44. The number of pyridine rings is 1. The van der Waals surface area contributed by atoms with Crippen LogP contribution >= 0.6 is 23.2 Å². The first kappa shape index (κ1) is 15.4. The molecule has 0 aromatic carbocycles. The van der Waals surface area contributed by atoms with Crippen molar-refractivity contribution in [2.75, 3.05) is 38.2 Å². The molecule has 0 bridgehead atoms. The third-order valence-electron chi connectivity index (χ3n) is 3.06. The van der Waals surface area contributed by atoms with Gasteiger partial charge in [0, 0.05) is 31.9 Å². The summed E-state index contributed by atoms with van der Waals surface area (Å²) in [4.78, 5) is 17.5. The minimum Gasteiger partial charge on any atom is -0.384 e. The number of nitrogens with one attached hydrogen (secondary N) is 1. The zero-order valence-electron chi connectivity index (χ0n) is 11.1. The van der Waals surface area contributed by atoms with E-state index in [2.05, 4.69) is 10.3 Å². The van der Waals surface area contributed by atoms with E-state index in [1.165, 1.54) is 6.20 Å². The Labute approximate surface area is 128 Å². The molecule has 1 N–H and O–H groups in total. The molecule has 1 aromatic rings. The van der Waals surface area contributed by atoms with Gasteiger partial charge in [-0.15, -0.1) is 0 Å². The van der Waals surface area contributed by atoms with Crippen LogP contribution in [0, 0.1) is 0 Å². The molecular weight excluding hydrogens is 301 g/mol. The van der Waals surface area contributed by atoms with Crippen LogP contribution in [0.25, 0.3) is 0 Å². The number of ether oxygens (including phenoxy) is 1. The number of nitrogens with zero attached hydrogens (tertiary/aromatic N) is 2. The summed E-state index contributed by atoms with van der Waals surface area (Å²) >= 11 is 11.8. The first-order valence-electron chi connectivity index (χ1n) is 6.57. The minimum absolute atomic E-state index is 0.160. The highest BCUT2D eigenvalue weighted by molar-refractivity contribution is 6.34. The molecular formula is C13H17Cl2N3O2. The zero-order chi connectivity index (χ0) is 14.4. The molecule has 1 aliphatic heterocycles. The zero-order valence-corrected chi connectivity index (χ0v) is 12.6. The third-order valence-corrected chi connectivity index (χ3v) is 3.57. The van der Waals surface area contributed by atoms with Crippen molar-refractivity contribution in [3.63, 3.8) is 0 Å². The Bertz CT molecular complexity index is 471. The Morgan fingerprint density at radius 1 is 1.40 bits per heavy atom. The number of carbonyl (C=O) groups excluding carboxylic acids is 1. The molecule has 1 amide bonds. The summed E-state index contributed by atoms with van der Waals surface area (Å²) in [6.07, 6.45) is 2.82. The molecule has 1 aromatic heterocycles. The summed E-state index contributed by atoms with van der Waals surface area (Å²) in [5.74, 6) is 0.160. The maximum atomic E-state index is 11.8. The normalized spacial score (nSPS) is 16.1. The molecule has 0 saturated carbocycles. The van der Waals surface area contributed by atoms with Crippen LogP contribution in [0.5, 0.6) is 0 Å². The Balaban J connectivity index is 1.75. The molecule has 1 fully saturated rings. The molecule has 110 valence electrons. The van der Waals surface area contributed by atoms with Crippen molar-refractivity contribution in [3.05, 3.63) is 22.4 Å². The Hall–Kier alpha value is -1.04. The Morgan fingerprint density at radius 3 is 3.10 bits per heavy atom. The van der Waals surface area contributed by atoms with Gasteiger partial charge >= 0.3 is 0 Å². The average Bonchev–Trinajstić information content (AvgIpc) is 2.63. The smallest absolute Gasteiger partial charge is 0.224 e. The quantitative estimate of drug-likeness (QED) is 0.669. The number of hydrogen-bond donors (Lipinski definition) is 1. The minimum atomic E-state index is 0.160. The molecule has 0 unspecified atom stereocenters. The molecule has 20 heavy (non-hydrogen) atoms. The number of carbonyl (C=O) groups is 1. The van der Waals surface area contributed by atoms with E-state index in [0.717, 1.165) is 12.1 Å². The van der Waals surface area contributed by atoms with Crippen molar-refractivity contribution >= 4 is 34.8 Å². The lowest BCUT2D eigenvalue weighted by Gasteiger charge is -2.20. The summed E-state index contributed by atoms with van der Waals surface area (Å²) in [7, 11) is 0. The van der Waals surface area contributed by atoms with E-state index in [9.17, 15) is 4.79 Å². The number of anilines is 1. The first-order chi connectivity index (χ1) is 9.66. The van der Waals surface area contributed by atoms with Crippen LogP contribution in [-0.4, -0.2) is 48.6 Å². The molecule has 0 spiro atoms. The van der Waals surface area contributed by atoms with Gasteiger partial charge in [0.25, 0.3) is 0 Å². The Morgan fingerprint density at radius 2 is 2.25 bits per heavy atom. The number of aromatic nitrogens is 1. The first-order valence-corrected chi connectivity index (χ1v) is 7.33. The standard InChI is InChI=1S/C13H17Cl2N3O2/c14-10-9-17-12(15)8-11(10)16-3-1-4-18-5-7-20-6-2-13(18)19/h8-9H,1-7H2,(H,16,17). The van der Waals surface area contributed by atoms with Gasteiger partial charge in [0.05, 0.1) is 30.3 Å². The average molecular weight is 318 g/mol. The predicted molar refractivity (Wildman–Crippen MR) is 79.4 cm³/mol. The van der Waals surface area contributed by atoms with Crippen LogP contribution in [0.1, 0.15) is 12.8 Å². The molecule has 0 aliphatic carbocycles. The van der Waals surface area contributed by atoms with Gasteiger partial charge in [0.2, 0.25) is 5.91 Å². The number of halogens is 2. The molecule has 0 radical (unpaired) electrons. The van der Waals surface area contributed by atoms with E-state index >= 15 is 0 Å². The van der Waals surface area contributed by atoms with Crippen molar-refractivity contribution in [1.82, 2.24) is 9.88 Å². The maximum Gasteiger partial charge on any atom is 0.224 e. The topological polar surface area (TPSA) is 54.5 Å². The molecule has 7 heteroatoms. The molecule has 0 atom stereocenters. The van der Waals surface area contributed by atoms with Crippen LogP contribution in [0.15, 0.2) is 12.3 Å². The monoisotopic (exact) mass is 317 g/mol. The highest BCUT2D eigenvalue weighted by atomic mass is 35.5. The lowest BCUT2D eigenvalue weighted by molar-refractivity contribution is -0.130. The van der Waals surface area contributed by atoms with Crippen molar-refractivity contribution in [2.24, 2.45) is 0 Å². The summed E-state index contributed by atoms with van der Waals surface area (Å²) in [6.45, 7) is 3.24. The number of hydrogen-bond acceptors (Lipinski definition) is 4. The van der Waals surface area contributed by atoms with E-state index in [4.69, 9.17) is 27.9 Å². The van der Waals surface area contributed by atoms with E-state index in [1.807, 2.05) is 4.90 Å². The summed E-state index contributed by atoms with van der Waals surface area (Å²) in [5.41, 5.74) is 0.761. The van der Waals surface area contributed by atoms with E-state index in [1.54, 1.807) is 6.07 Å². The van der Waals surface area contributed by atoms with Gasteiger partial charge in [-0.3, -0.25) is 4.79 Å². The largest absolute Gasteiger partial charge is 0.384 e. The highest BCUT2D eigenvalue weighted by Gasteiger charge is 2.15. The Kier molecular flexibility index (Phi) is 5.88. The maximum absolute atomic E-state index is 11.8. The fourth-order valence-electron chi connectivity index (χ4n) is 2.00. The van der Waals surface area contributed by atoms with E-state index in [-0.39, 0.29) is 5.91 Å². The van der Waals surface area contributed by atoms with Gasteiger partial charge in [-0.1, -0.05) is 23.2 Å². The second-order valence-corrected chi connectivity index (χ2v) is 5.30. The van der Waals surface area contributed by atoms with Crippen LogP contribution in [0.2, 0.25) is 10.2 Å². The summed E-state index contributed by atoms with van der Waals surface area (Å²) in [5, 5.41) is 4.13.